The van der Waals surface area contributed by atoms with Crippen LogP contribution in [0.25, 0.3) is 0 Å². The quantitative estimate of drug-likeness (QED) is 0.632. The van der Waals surface area contributed by atoms with Crippen LogP contribution in [0, 0.1) is 0 Å². The predicted molar refractivity (Wildman–Crippen MR) is 75.6 cm³/mol. The number of halogens is 1. The highest BCUT2D eigenvalue weighted by Crippen LogP contribution is 2.29. The highest BCUT2D eigenvalue weighted by molar-refractivity contribution is 7.91. The van der Waals surface area contributed by atoms with Crippen molar-refractivity contribution in [2.75, 3.05) is 0 Å². The maximum atomic E-state index is 12.7. The molecule has 0 atom stereocenters. The minimum absolute atomic E-state index is 0.000145. The first kappa shape index (κ1) is 13.5. The molecule has 0 bridgehead atoms. The van der Waals surface area contributed by atoms with Crippen LogP contribution in [-0.4, -0.2) is 18.4 Å². The summed E-state index contributed by atoms with van der Waals surface area (Å²) in [5.41, 5.74) is 1.50. The van der Waals surface area contributed by atoms with Crippen LogP contribution in [0.2, 0.25) is 5.28 Å². The number of benzene rings is 1. The number of aryl methyl sites for hydroxylation is 1. The van der Waals surface area contributed by atoms with E-state index in [-0.39, 0.29) is 15.2 Å². The van der Waals surface area contributed by atoms with Gasteiger partial charge in [-0.25, -0.2) is 18.4 Å². The summed E-state index contributed by atoms with van der Waals surface area (Å²) in [6.07, 6.45) is 3.41. The third-order valence-corrected chi connectivity index (χ3v) is 5.33. The summed E-state index contributed by atoms with van der Waals surface area (Å²) < 4.78 is 25.4. The highest BCUT2D eigenvalue weighted by atomic mass is 35.5. The average molecular weight is 309 g/mol. The van der Waals surface area contributed by atoms with E-state index in [0.29, 0.717) is 6.42 Å². The molecule has 6 heteroatoms. The predicted octanol–water partition coefficient (Wildman–Crippen LogP) is 2.84. The van der Waals surface area contributed by atoms with Gasteiger partial charge in [0.05, 0.1) is 4.90 Å². The molecule has 1 aromatic heterocycles. The topological polar surface area (TPSA) is 59.9 Å². The number of hydrogen-bond acceptors (Lipinski definition) is 4. The van der Waals surface area contributed by atoms with E-state index in [1.165, 1.54) is 0 Å². The van der Waals surface area contributed by atoms with Gasteiger partial charge in [0.15, 0.2) is 5.03 Å². The Bertz CT molecular complexity index is 745. The number of sulfone groups is 1. The van der Waals surface area contributed by atoms with E-state index in [9.17, 15) is 8.42 Å². The zero-order valence-corrected chi connectivity index (χ0v) is 12.3. The fourth-order valence-electron chi connectivity index (χ4n) is 2.46. The molecule has 0 saturated carbocycles. The summed E-state index contributed by atoms with van der Waals surface area (Å²) in [4.78, 5) is 8.41. The van der Waals surface area contributed by atoms with Gasteiger partial charge in [-0.3, -0.25) is 0 Å². The minimum atomic E-state index is -3.64. The first-order valence-electron chi connectivity index (χ1n) is 6.44. The summed E-state index contributed by atoms with van der Waals surface area (Å²) in [5.74, 6) is 0. The second kappa shape index (κ2) is 5.14. The zero-order valence-electron chi connectivity index (χ0n) is 10.7. The van der Waals surface area contributed by atoms with Crippen molar-refractivity contribution in [1.82, 2.24) is 9.97 Å². The standard InChI is InChI=1S/C14H13ClN2O2S/c15-14-16-12-9-5-4-8-11(12)13(17-14)20(18,19)10-6-2-1-3-7-10/h1-3,6-7H,4-5,8-9H2. The molecule has 0 N–H and O–H groups in total. The Morgan fingerprint density at radius 3 is 2.45 bits per heavy atom. The third kappa shape index (κ3) is 2.31. The minimum Gasteiger partial charge on any atom is -0.223 e. The van der Waals surface area contributed by atoms with E-state index in [2.05, 4.69) is 9.97 Å². The van der Waals surface area contributed by atoms with Gasteiger partial charge < -0.3 is 0 Å². The van der Waals surface area contributed by atoms with Gasteiger partial charge in [-0.1, -0.05) is 18.2 Å². The van der Waals surface area contributed by atoms with Crippen LogP contribution in [0.5, 0.6) is 0 Å². The van der Waals surface area contributed by atoms with Crippen molar-refractivity contribution in [3.05, 3.63) is 46.9 Å². The molecule has 0 radical (unpaired) electrons. The lowest BCUT2D eigenvalue weighted by molar-refractivity contribution is 0.582. The second-order valence-electron chi connectivity index (χ2n) is 4.75. The van der Waals surface area contributed by atoms with Crippen LogP contribution >= 0.6 is 11.6 Å². The lowest BCUT2D eigenvalue weighted by atomic mass is 9.98. The summed E-state index contributed by atoms with van der Waals surface area (Å²) in [5, 5.41) is 0.0681. The Hall–Kier alpha value is -1.46. The molecule has 0 saturated heterocycles. The largest absolute Gasteiger partial charge is 0.224 e. The van der Waals surface area contributed by atoms with E-state index in [0.717, 1.165) is 30.5 Å². The summed E-state index contributed by atoms with van der Waals surface area (Å²) in [6.45, 7) is 0. The third-order valence-electron chi connectivity index (χ3n) is 3.43. The molecule has 0 aliphatic heterocycles. The zero-order chi connectivity index (χ0) is 14.2. The van der Waals surface area contributed by atoms with Gasteiger partial charge in [-0.05, 0) is 49.4 Å². The number of rotatable bonds is 2. The van der Waals surface area contributed by atoms with Gasteiger partial charge in [0.1, 0.15) is 0 Å². The van der Waals surface area contributed by atoms with Gasteiger partial charge in [0.25, 0.3) is 0 Å². The van der Waals surface area contributed by atoms with E-state index in [1.54, 1.807) is 30.3 Å². The van der Waals surface area contributed by atoms with Crippen LogP contribution in [0.1, 0.15) is 24.1 Å². The molecule has 20 heavy (non-hydrogen) atoms. The van der Waals surface area contributed by atoms with Crippen molar-refractivity contribution >= 4 is 21.4 Å². The van der Waals surface area contributed by atoms with Gasteiger partial charge >= 0.3 is 0 Å². The van der Waals surface area contributed by atoms with Crippen molar-refractivity contribution in [2.45, 2.75) is 35.6 Å². The van der Waals surface area contributed by atoms with E-state index in [4.69, 9.17) is 11.6 Å². The lowest BCUT2D eigenvalue weighted by Crippen LogP contribution is -2.15. The molecular formula is C14H13ClN2O2S. The molecule has 0 fully saturated rings. The molecule has 3 rings (SSSR count). The first-order valence-corrected chi connectivity index (χ1v) is 8.30. The molecule has 0 amide bonds. The Kier molecular flexibility index (Phi) is 3.48. The molecule has 1 aromatic carbocycles. The molecule has 4 nitrogen and oxygen atoms in total. The molecule has 0 spiro atoms. The van der Waals surface area contributed by atoms with Crippen LogP contribution in [-0.2, 0) is 22.7 Å². The summed E-state index contributed by atoms with van der Waals surface area (Å²) >= 11 is 5.89. The van der Waals surface area contributed by atoms with Crippen molar-refractivity contribution < 1.29 is 8.42 Å². The highest BCUT2D eigenvalue weighted by Gasteiger charge is 2.27. The normalized spacial score (nSPS) is 14.8. The fourth-order valence-corrected chi connectivity index (χ4v) is 4.19. The molecular weight excluding hydrogens is 296 g/mol. The van der Waals surface area contributed by atoms with Crippen LogP contribution in [0.3, 0.4) is 0 Å². The maximum absolute atomic E-state index is 12.7. The molecule has 1 aliphatic carbocycles. The summed E-state index contributed by atoms with van der Waals surface area (Å²) in [7, 11) is -3.64. The van der Waals surface area contributed by atoms with Gasteiger partial charge in [0, 0.05) is 11.3 Å². The first-order chi connectivity index (χ1) is 9.59. The smallest absolute Gasteiger partial charge is 0.223 e. The van der Waals surface area contributed by atoms with Gasteiger partial charge in [0.2, 0.25) is 15.1 Å². The van der Waals surface area contributed by atoms with Gasteiger partial charge in [-0.15, -0.1) is 0 Å². The number of aromatic nitrogens is 2. The molecule has 104 valence electrons. The second-order valence-corrected chi connectivity index (χ2v) is 6.95. The molecule has 0 unspecified atom stereocenters. The van der Waals surface area contributed by atoms with Crippen LogP contribution < -0.4 is 0 Å². The Labute approximate surface area is 122 Å². The number of hydrogen-bond donors (Lipinski definition) is 0. The van der Waals surface area contributed by atoms with Gasteiger partial charge in [-0.2, -0.15) is 0 Å². The molecule has 1 heterocycles. The van der Waals surface area contributed by atoms with Crippen molar-refractivity contribution in [3.8, 4) is 0 Å². The Morgan fingerprint density at radius 1 is 1.00 bits per heavy atom. The molecule has 1 aliphatic rings. The van der Waals surface area contributed by atoms with Crippen molar-refractivity contribution in [1.29, 1.82) is 0 Å². The SMILES string of the molecule is O=S(=O)(c1ccccc1)c1nc(Cl)nc2c1CCCC2. The van der Waals surface area contributed by atoms with E-state index >= 15 is 0 Å². The molecule has 2 aromatic rings. The van der Waals surface area contributed by atoms with E-state index in [1.807, 2.05) is 0 Å². The fraction of sp³-hybridized carbons (Fsp3) is 0.286. The lowest BCUT2D eigenvalue weighted by Gasteiger charge is -2.17. The van der Waals surface area contributed by atoms with Crippen molar-refractivity contribution in [2.24, 2.45) is 0 Å². The maximum Gasteiger partial charge on any atom is 0.224 e. The van der Waals surface area contributed by atoms with Crippen LogP contribution in [0.15, 0.2) is 40.3 Å². The van der Waals surface area contributed by atoms with E-state index < -0.39 is 9.84 Å². The number of fused-ring (bicyclic) bond motifs is 1. The average Bonchev–Trinajstić information content (AvgIpc) is 2.47. The monoisotopic (exact) mass is 308 g/mol. The Balaban J connectivity index is 2.22. The van der Waals surface area contributed by atoms with Crippen LogP contribution in [0.4, 0.5) is 0 Å². The Morgan fingerprint density at radius 2 is 1.70 bits per heavy atom. The number of nitrogens with zero attached hydrogens (tertiary/aromatic N) is 2. The van der Waals surface area contributed by atoms with Crippen molar-refractivity contribution in [3.63, 3.8) is 0 Å². The summed E-state index contributed by atoms with van der Waals surface area (Å²) in [6, 6.07) is 8.31.